The van der Waals surface area contributed by atoms with Crippen molar-refractivity contribution in [2.45, 2.75) is 12.8 Å². The molecule has 0 saturated carbocycles. The Labute approximate surface area is 124 Å². The van der Waals surface area contributed by atoms with E-state index in [1.807, 2.05) is 0 Å². The summed E-state index contributed by atoms with van der Waals surface area (Å²) in [5.74, 6) is -0.923. The van der Waals surface area contributed by atoms with Gasteiger partial charge in [-0.3, -0.25) is 14.6 Å². The number of carbonyl (C=O) groups is 2. The monoisotopic (exact) mass is 310 g/mol. The van der Waals surface area contributed by atoms with E-state index in [0.29, 0.717) is 11.4 Å². The van der Waals surface area contributed by atoms with Gasteiger partial charge in [-0.05, 0) is 12.1 Å². The summed E-state index contributed by atoms with van der Waals surface area (Å²) in [4.78, 5) is 29.7. The van der Waals surface area contributed by atoms with Crippen LogP contribution >= 0.6 is 11.6 Å². The van der Waals surface area contributed by atoms with Crippen molar-refractivity contribution in [2.75, 3.05) is 11.2 Å². The zero-order valence-electron chi connectivity index (χ0n) is 10.7. The molecule has 2 N–H and O–H groups in total. The molecule has 1 amide bonds. The highest BCUT2D eigenvalue weighted by Crippen LogP contribution is 2.16. The van der Waals surface area contributed by atoms with Crippen LogP contribution in [0.2, 0.25) is 0 Å². The smallest absolute Gasteiger partial charge is 0.303 e. The van der Waals surface area contributed by atoms with Gasteiger partial charge in [-0.25, -0.2) is 0 Å². The maximum Gasteiger partial charge on any atom is 0.303 e. The van der Waals surface area contributed by atoms with E-state index in [1.54, 1.807) is 12.1 Å². The number of anilines is 1. The van der Waals surface area contributed by atoms with Crippen molar-refractivity contribution in [3.63, 3.8) is 0 Å². The van der Waals surface area contributed by atoms with Crippen molar-refractivity contribution in [3.8, 4) is 11.5 Å². The van der Waals surface area contributed by atoms with Crippen LogP contribution in [0.5, 0.6) is 0 Å². The van der Waals surface area contributed by atoms with Crippen molar-refractivity contribution in [2.24, 2.45) is 0 Å². The lowest BCUT2D eigenvalue weighted by Crippen LogP contribution is -2.12. The van der Waals surface area contributed by atoms with Crippen LogP contribution in [0.15, 0.2) is 22.9 Å². The lowest BCUT2D eigenvalue weighted by Gasteiger charge is -2.02. The van der Waals surface area contributed by atoms with Gasteiger partial charge in [-0.15, -0.1) is 11.6 Å². The number of hydrogen-bond acceptors (Lipinski definition) is 6. The summed E-state index contributed by atoms with van der Waals surface area (Å²) in [7, 11) is 0. The Morgan fingerprint density at radius 3 is 2.81 bits per heavy atom. The molecule has 0 atom stereocenters. The normalized spacial score (nSPS) is 10.3. The Kier molecular flexibility index (Phi) is 4.83. The number of hydrogen-bond donors (Lipinski definition) is 2. The van der Waals surface area contributed by atoms with Crippen molar-refractivity contribution >= 4 is 29.2 Å². The summed E-state index contributed by atoms with van der Waals surface area (Å²) >= 11 is 5.38. The fourth-order valence-corrected chi connectivity index (χ4v) is 1.54. The molecule has 0 unspecified atom stereocenters. The third-order valence-electron chi connectivity index (χ3n) is 2.42. The lowest BCUT2D eigenvalue weighted by molar-refractivity contribution is -0.137. The molecule has 0 fully saturated rings. The molecule has 2 aromatic heterocycles. The number of carboxylic acids is 1. The van der Waals surface area contributed by atoms with Crippen LogP contribution in [-0.4, -0.2) is 38.0 Å². The number of nitrogens with zero attached hydrogens (tertiary/aromatic N) is 3. The molecule has 21 heavy (non-hydrogen) atoms. The van der Waals surface area contributed by atoms with Gasteiger partial charge in [0.05, 0.1) is 18.3 Å². The zero-order chi connectivity index (χ0) is 15.2. The Morgan fingerprint density at radius 2 is 2.19 bits per heavy atom. The van der Waals surface area contributed by atoms with Crippen LogP contribution in [-0.2, 0) is 16.0 Å². The second kappa shape index (κ2) is 6.80. The molecule has 2 heterocycles. The Balaban J connectivity index is 2.05. The summed E-state index contributed by atoms with van der Waals surface area (Å²) < 4.78 is 4.93. The topological polar surface area (TPSA) is 118 Å². The highest BCUT2D eigenvalue weighted by Gasteiger charge is 2.11. The largest absolute Gasteiger partial charge is 0.481 e. The molecule has 0 aliphatic carbocycles. The van der Waals surface area contributed by atoms with Crippen molar-refractivity contribution < 1.29 is 19.2 Å². The number of alkyl halides is 1. The van der Waals surface area contributed by atoms with E-state index >= 15 is 0 Å². The molecule has 0 spiro atoms. The predicted octanol–water partition coefficient (Wildman–Crippen LogP) is 1.33. The lowest BCUT2D eigenvalue weighted by atomic mass is 10.3. The predicted molar refractivity (Wildman–Crippen MR) is 72.8 cm³/mol. The quantitative estimate of drug-likeness (QED) is 0.772. The second-order valence-electron chi connectivity index (χ2n) is 4.02. The maximum atomic E-state index is 11.1. The summed E-state index contributed by atoms with van der Waals surface area (Å²) in [5, 5.41) is 14.8. The average molecular weight is 311 g/mol. The number of amides is 1. The minimum absolute atomic E-state index is 0.0849. The molecule has 0 aromatic carbocycles. The molecule has 0 aliphatic heterocycles. The highest BCUT2D eigenvalue weighted by atomic mass is 35.5. The van der Waals surface area contributed by atoms with Gasteiger partial charge in [-0.2, -0.15) is 4.98 Å². The number of aryl methyl sites for hydroxylation is 1. The van der Waals surface area contributed by atoms with E-state index in [1.165, 1.54) is 6.20 Å². The second-order valence-corrected chi connectivity index (χ2v) is 4.29. The number of halogens is 1. The van der Waals surface area contributed by atoms with Gasteiger partial charge >= 0.3 is 5.97 Å². The standard InChI is InChI=1S/C12H11ClN4O4/c13-5-9(18)15-7-1-2-8(14-6-7)12-16-10(21-17-12)3-4-11(19)20/h1-2,6H,3-5H2,(H,15,18)(H,19,20). The van der Waals surface area contributed by atoms with Gasteiger partial charge in [0.2, 0.25) is 17.6 Å². The fourth-order valence-electron chi connectivity index (χ4n) is 1.47. The summed E-state index contributed by atoms with van der Waals surface area (Å²) in [6.07, 6.45) is 1.51. The van der Waals surface area contributed by atoms with Crippen LogP contribution in [0.1, 0.15) is 12.3 Å². The Hall–Kier alpha value is -2.48. The molecular formula is C12H11ClN4O4. The van der Waals surface area contributed by atoms with E-state index < -0.39 is 5.97 Å². The number of aromatic nitrogens is 3. The van der Waals surface area contributed by atoms with E-state index in [9.17, 15) is 9.59 Å². The number of aliphatic carboxylic acids is 1. The highest BCUT2D eigenvalue weighted by molar-refractivity contribution is 6.29. The first-order valence-corrected chi connectivity index (χ1v) is 6.48. The van der Waals surface area contributed by atoms with Crippen molar-refractivity contribution in [1.82, 2.24) is 15.1 Å². The van der Waals surface area contributed by atoms with Crippen LogP contribution in [0.3, 0.4) is 0 Å². The molecular weight excluding hydrogens is 300 g/mol. The first kappa shape index (κ1) is 14.9. The van der Waals surface area contributed by atoms with Gasteiger partial charge in [0, 0.05) is 6.42 Å². The van der Waals surface area contributed by atoms with E-state index in [4.69, 9.17) is 21.2 Å². The molecule has 9 heteroatoms. The third-order valence-corrected chi connectivity index (χ3v) is 2.66. The molecule has 0 aliphatic rings. The zero-order valence-corrected chi connectivity index (χ0v) is 11.5. The van der Waals surface area contributed by atoms with E-state index in [2.05, 4.69) is 20.4 Å². The number of pyridine rings is 1. The molecule has 2 rings (SSSR count). The summed E-state index contributed by atoms with van der Waals surface area (Å²) in [5.41, 5.74) is 0.947. The minimum atomic E-state index is -0.938. The number of carboxylic acid groups (broad SMARTS) is 1. The first-order valence-electron chi connectivity index (χ1n) is 5.95. The molecule has 110 valence electrons. The van der Waals surface area contributed by atoms with E-state index in [-0.39, 0.29) is 36.3 Å². The molecule has 0 saturated heterocycles. The molecule has 8 nitrogen and oxygen atoms in total. The molecule has 2 aromatic rings. The van der Waals surface area contributed by atoms with Gasteiger partial charge in [0.15, 0.2) is 0 Å². The van der Waals surface area contributed by atoms with Crippen LogP contribution in [0, 0.1) is 0 Å². The van der Waals surface area contributed by atoms with Crippen molar-refractivity contribution in [1.29, 1.82) is 0 Å². The van der Waals surface area contributed by atoms with Crippen LogP contribution in [0.25, 0.3) is 11.5 Å². The average Bonchev–Trinajstić information content (AvgIpc) is 2.94. The Bertz CT molecular complexity index is 641. The fraction of sp³-hybridized carbons (Fsp3) is 0.250. The van der Waals surface area contributed by atoms with Crippen LogP contribution in [0.4, 0.5) is 5.69 Å². The number of nitrogens with one attached hydrogen (secondary N) is 1. The van der Waals surface area contributed by atoms with Gasteiger partial charge in [-0.1, -0.05) is 5.16 Å². The molecule has 0 radical (unpaired) electrons. The van der Waals surface area contributed by atoms with E-state index in [0.717, 1.165) is 0 Å². The Morgan fingerprint density at radius 1 is 1.38 bits per heavy atom. The summed E-state index contributed by atoms with van der Waals surface area (Å²) in [6, 6.07) is 3.23. The van der Waals surface area contributed by atoms with Gasteiger partial charge < -0.3 is 14.9 Å². The summed E-state index contributed by atoms with van der Waals surface area (Å²) in [6.45, 7) is 0. The SMILES string of the molecule is O=C(O)CCc1nc(-c2ccc(NC(=O)CCl)cn2)no1. The van der Waals surface area contributed by atoms with Gasteiger partial charge in [0.25, 0.3) is 0 Å². The molecule has 0 bridgehead atoms. The van der Waals surface area contributed by atoms with Crippen LogP contribution < -0.4 is 5.32 Å². The van der Waals surface area contributed by atoms with Crippen molar-refractivity contribution in [3.05, 3.63) is 24.2 Å². The minimum Gasteiger partial charge on any atom is -0.481 e. The first-order chi connectivity index (χ1) is 10.1. The number of carbonyl (C=O) groups excluding carboxylic acids is 1. The maximum absolute atomic E-state index is 11.1. The third kappa shape index (κ3) is 4.25. The number of rotatable bonds is 6. The van der Waals surface area contributed by atoms with Gasteiger partial charge in [0.1, 0.15) is 11.6 Å².